The molecule has 1 heterocycles. The van der Waals surface area contributed by atoms with Gasteiger partial charge in [-0.05, 0) is 44.6 Å². The Morgan fingerprint density at radius 2 is 2.20 bits per heavy atom. The second-order valence-electron chi connectivity index (χ2n) is 4.85. The number of rotatable bonds is 3. The molecule has 0 spiro atoms. The lowest BCUT2D eigenvalue weighted by Crippen LogP contribution is -2.13. The van der Waals surface area contributed by atoms with Crippen molar-refractivity contribution in [1.82, 2.24) is 5.16 Å². The van der Waals surface area contributed by atoms with Gasteiger partial charge in [-0.15, -0.1) is 0 Å². The molecule has 0 radical (unpaired) electrons. The summed E-state index contributed by atoms with van der Waals surface area (Å²) in [5, 5.41) is 4.28. The van der Waals surface area contributed by atoms with Gasteiger partial charge in [0.05, 0.1) is 5.69 Å². The molecule has 3 rings (SSSR count). The summed E-state index contributed by atoms with van der Waals surface area (Å²) in [5.41, 5.74) is 8.38. The Bertz CT molecular complexity index is 355. The van der Waals surface area contributed by atoms with Gasteiger partial charge in [-0.1, -0.05) is 5.16 Å². The smallest absolute Gasteiger partial charge is 0.140 e. The Hall–Kier alpha value is -0.830. The van der Waals surface area contributed by atoms with Gasteiger partial charge in [-0.25, -0.2) is 0 Å². The van der Waals surface area contributed by atoms with Crippen LogP contribution in [0.5, 0.6) is 0 Å². The van der Waals surface area contributed by atoms with E-state index in [-0.39, 0.29) is 0 Å². The molecule has 15 heavy (non-hydrogen) atoms. The third kappa shape index (κ3) is 1.59. The van der Waals surface area contributed by atoms with E-state index in [1.807, 2.05) is 0 Å². The number of hydrogen-bond donors (Lipinski definition) is 1. The van der Waals surface area contributed by atoms with Crippen molar-refractivity contribution in [3.63, 3.8) is 0 Å². The first kappa shape index (κ1) is 9.40. The lowest BCUT2D eigenvalue weighted by atomic mass is 9.83. The highest BCUT2D eigenvalue weighted by Gasteiger charge is 2.35. The maximum Gasteiger partial charge on any atom is 0.140 e. The van der Waals surface area contributed by atoms with Gasteiger partial charge in [0.2, 0.25) is 0 Å². The molecule has 2 aliphatic carbocycles. The van der Waals surface area contributed by atoms with Crippen LogP contribution in [0.25, 0.3) is 0 Å². The molecule has 0 saturated heterocycles. The van der Waals surface area contributed by atoms with Gasteiger partial charge in [0.25, 0.3) is 0 Å². The van der Waals surface area contributed by atoms with Crippen LogP contribution in [0.1, 0.15) is 61.0 Å². The highest BCUT2D eigenvalue weighted by atomic mass is 16.5. The molecular formula is C12H18N2O. The van der Waals surface area contributed by atoms with Crippen molar-refractivity contribution in [1.29, 1.82) is 0 Å². The first-order valence-electron chi connectivity index (χ1n) is 6.08. The Labute approximate surface area is 90.0 Å². The van der Waals surface area contributed by atoms with E-state index in [1.54, 1.807) is 0 Å². The second kappa shape index (κ2) is 3.63. The van der Waals surface area contributed by atoms with Gasteiger partial charge in [-0.3, -0.25) is 0 Å². The molecule has 2 N–H and O–H groups in total. The first-order chi connectivity index (χ1) is 7.40. The fourth-order valence-electron chi connectivity index (χ4n) is 2.76. The van der Waals surface area contributed by atoms with E-state index in [1.165, 1.54) is 36.9 Å². The zero-order chi connectivity index (χ0) is 10.3. The molecule has 1 aromatic rings. The fourth-order valence-corrected chi connectivity index (χ4v) is 2.76. The summed E-state index contributed by atoms with van der Waals surface area (Å²) in [6.07, 6.45) is 7.27. The van der Waals surface area contributed by atoms with E-state index in [2.05, 4.69) is 5.16 Å². The summed E-state index contributed by atoms with van der Waals surface area (Å²) in [5.74, 6) is 2.48. The van der Waals surface area contributed by atoms with E-state index in [0.717, 1.165) is 25.1 Å². The highest BCUT2D eigenvalue weighted by molar-refractivity contribution is 5.34. The summed E-state index contributed by atoms with van der Waals surface area (Å²) < 4.78 is 5.47. The van der Waals surface area contributed by atoms with Crippen molar-refractivity contribution in [2.24, 2.45) is 5.73 Å². The van der Waals surface area contributed by atoms with E-state index < -0.39 is 0 Å². The molecule has 1 atom stereocenters. The number of nitrogens with two attached hydrogens (primary N) is 1. The van der Waals surface area contributed by atoms with Crippen molar-refractivity contribution in [2.75, 3.05) is 6.54 Å². The highest BCUT2D eigenvalue weighted by Crippen LogP contribution is 2.46. The third-order valence-electron chi connectivity index (χ3n) is 3.67. The van der Waals surface area contributed by atoms with Crippen LogP contribution in [0.4, 0.5) is 0 Å². The molecule has 1 unspecified atom stereocenters. The molecule has 82 valence electrons. The first-order valence-corrected chi connectivity index (χ1v) is 6.08. The summed E-state index contributed by atoms with van der Waals surface area (Å²) in [6, 6.07) is 0. The van der Waals surface area contributed by atoms with Crippen LogP contribution in [0.3, 0.4) is 0 Å². The van der Waals surface area contributed by atoms with Gasteiger partial charge in [-0.2, -0.15) is 0 Å². The largest absolute Gasteiger partial charge is 0.361 e. The van der Waals surface area contributed by atoms with E-state index in [9.17, 15) is 0 Å². The number of fused-ring (bicyclic) bond motifs is 1. The Morgan fingerprint density at radius 1 is 1.33 bits per heavy atom. The van der Waals surface area contributed by atoms with Gasteiger partial charge >= 0.3 is 0 Å². The molecule has 0 amide bonds. The number of aromatic nitrogens is 1. The minimum Gasteiger partial charge on any atom is -0.361 e. The topological polar surface area (TPSA) is 52.0 Å². The molecule has 1 fully saturated rings. The molecule has 3 nitrogen and oxygen atoms in total. The maximum absolute atomic E-state index is 5.68. The Balaban J connectivity index is 1.95. The second-order valence-corrected chi connectivity index (χ2v) is 4.85. The summed E-state index contributed by atoms with van der Waals surface area (Å²) >= 11 is 0. The predicted octanol–water partition coefficient (Wildman–Crippen LogP) is 2.32. The van der Waals surface area contributed by atoms with Crippen LogP contribution >= 0.6 is 0 Å². The molecule has 2 aliphatic rings. The van der Waals surface area contributed by atoms with Crippen LogP contribution in [-0.2, 0) is 6.42 Å². The van der Waals surface area contributed by atoms with Crippen LogP contribution in [0.2, 0.25) is 0 Å². The van der Waals surface area contributed by atoms with Crippen molar-refractivity contribution in [2.45, 2.75) is 50.4 Å². The third-order valence-corrected chi connectivity index (χ3v) is 3.67. The SMILES string of the molecule is NCCC1CCCc2onc(C3CC3)c21. The number of aryl methyl sites for hydroxylation is 1. The zero-order valence-electron chi connectivity index (χ0n) is 9.04. The summed E-state index contributed by atoms with van der Waals surface area (Å²) in [6.45, 7) is 0.777. The quantitative estimate of drug-likeness (QED) is 0.825. The van der Waals surface area contributed by atoms with Crippen molar-refractivity contribution in [3.05, 3.63) is 17.0 Å². The molecule has 1 aromatic heterocycles. The average molecular weight is 206 g/mol. The van der Waals surface area contributed by atoms with E-state index >= 15 is 0 Å². The van der Waals surface area contributed by atoms with Crippen LogP contribution < -0.4 is 5.73 Å². The number of hydrogen-bond acceptors (Lipinski definition) is 3. The van der Waals surface area contributed by atoms with Gasteiger partial charge < -0.3 is 10.3 Å². The predicted molar refractivity (Wildman–Crippen MR) is 57.8 cm³/mol. The van der Waals surface area contributed by atoms with Gasteiger partial charge in [0.15, 0.2) is 0 Å². The minimum absolute atomic E-state index is 0.626. The van der Waals surface area contributed by atoms with Crippen LogP contribution in [0, 0.1) is 0 Å². The molecular weight excluding hydrogens is 188 g/mol. The summed E-state index contributed by atoms with van der Waals surface area (Å²) in [7, 11) is 0. The number of nitrogens with zero attached hydrogens (tertiary/aromatic N) is 1. The van der Waals surface area contributed by atoms with Gasteiger partial charge in [0.1, 0.15) is 5.76 Å². The molecule has 0 aromatic carbocycles. The van der Waals surface area contributed by atoms with Crippen LogP contribution in [-0.4, -0.2) is 11.7 Å². The standard InChI is InChI=1S/C12H18N2O/c13-7-6-8-2-1-3-10-11(8)12(14-15-10)9-4-5-9/h8-9H,1-7,13H2. The van der Waals surface area contributed by atoms with Crippen molar-refractivity contribution < 1.29 is 4.52 Å². The van der Waals surface area contributed by atoms with Crippen molar-refractivity contribution >= 4 is 0 Å². The molecule has 0 aliphatic heterocycles. The van der Waals surface area contributed by atoms with E-state index in [0.29, 0.717) is 11.8 Å². The summed E-state index contributed by atoms with van der Waals surface area (Å²) in [4.78, 5) is 0. The lowest BCUT2D eigenvalue weighted by Gasteiger charge is -2.21. The van der Waals surface area contributed by atoms with E-state index in [4.69, 9.17) is 10.3 Å². The van der Waals surface area contributed by atoms with Crippen LogP contribution in [0.15, 0.2) is 4.52 Å². The molecule has 1 saturated carbocycles. The Kier molecular flexibility index (Phi) is 2.28. The van der Waals surface area contributed by atoms with Crippen molar-refractivity contribution in [3.8, 4) is 0 Å². The molecule has 0 bridgehead atoms. The maximum atomic E-state index is 5.68. The van der Waals surface area contributed by atoms with Gasteiger partial charge in [0, 0.05) is 17.9 Å². The zero-order valence-corrected chi connectivity index (χ0v) is 9.04. The molecule has 3 heteroatoms. The normalized spacial score (nSPS) is 25.3. The minimum atomic E-state index is 0.626. The lowest BCUT2D eigenvalue weighted by molar-refractivity contribution is 0.360. The fraction of sp³-hybridized carbons (Fsp3) is 0.750. The monoisotopic (exact) mass is 206 g/mol. The Morgan fingerprint density at radius 3 is 2.93 bits per heavy atom. The average Bonchev–Trinajstić information content (AvgIpc) is 3.00.